The molecule has 3 nitrogen and oxygen atoms in total. The number of nitrogens with zero attached hydrogens (tertiary/aromatic N) is 1. The van der Waals surface area contributed by atoms with Crippen LogP contribution in [0.2, 0.25) is 0 Å². The fourth-order valence-corrected chi connectivity index (χ4v) is 1.35. The van der Waals surface area contributed by atoms with Crippen LogP contribution >= 0.6 is 0 Å². The van der Waals surface area contributed by atoms with Gasteiger partial charge in [0.05, 0.1) is 6.61 Å². The van der Waals surface area contributed by atoms with Crippen molar-refractivity contribution in [2.75, 3.05) is 33.9 Å². The van der Waals surface area contributed by atoms with Crippen molar-refractivity contribution in [2.24, 2.45) is 0 Å². The van der Waals surface area contributed by atoms with E-state index >= 15 is 0 Å². The van der Waals surface area contributed by atoms with Gasteiger partial charge in [-0.2, -0.15) is 0 Å². The average Bonchev–Trinajstić information content (AvgIpc) is 2.24. The Kier molecular flexibility index (Phi) is 5.15. The van der Waals surface area contributed by atoms with E-state index in [-0.39, 0.29) is 6.61 Å². The van der Waals surface area contributed by atoms with Crippen LogP contribution in [0.3, 0.4) is 0 Å². The Morgan fingerprint density at radius 3 is 2.67 bits per heavy atom. The zero-order valence-electron chi connectivity index (χ0n) is 9.44. The molecule has 0 radical (unpaired) electrons. The van der Waals surface area contributed by atoms with Gasteiger partial charge in [0.2, 0.25) is 0 Å². The van der Waals surface area contributed by atoms with Crippen LogP contribution in [0.15, 0.2) is 24.3 Å². The first-order valence-corrected chi connectivity index (χ1v) is 5.20. The summed E-state index contributed by atoms with van der Waals surface area (Å²) in [6.07, 6.45) is 0.967. The SMILES string of the molecule is CN(C)CCc1ccccc1OCCO. The highest BCUT2D eigenvalue weighted by atomic mass is 16.5. The third kappa shape index (κ3) is 4.32. The summed E-state index contributed by atoms with van der Waals surface area (Å²) in [5.74, 6) is 0.883. The zero-order valence-corrected chi connectivity index (χ0v) is 9.44. The molecule has 0 fully saturated rings. The highest BCUT2D eigenvalue weighted by Gasteiger charge is 2.02. The van der Waals surface area contributed by atoms with Crippen LogP contribution in [0.5, 0.6) is 5.75 Å². The van der Waals surface area contributed by atoms with E-state index in [9.17, 15) is 0 Å². The molecule has 1 aromatic rings. The molecule has 0 atom stereocenters. The Morgan fingerprint density at radius 1 is 1.27 bits per heavy atom. The molecule has 0 spiro atoms. The van der Waals surface area contributed by atoms with Gasteiger partial charge in [-0.05, 0) is 32.1 Å². The highest BCUT2D eigenvalue weighted by molar-refractivity contribution is 5.33. The first kappa shape index (κ1) is 12.0. The maximum absolute atomic E-state index is 8.70. The number of hydrogen-bond acceptors (Lipinski definition) is 3. The first-order chi connectivity index (χ1) is 7.24. The van der Waals surface area contributed by atoms with Gasteiger partial charge in [0.15, 0.2) is 0 Å². The van der Waals surface area contributed by atoms with Gasteiger partial charge < -0.3 is 14.7 Å². The van der Waals surface area contributed by atoms with Crippen molar-refractivity contribution in [1.82, 2.24) is 4.90 Å². The minimum Gasteiger partial charge on any atom is -0.491 e. The first-order valence-electron chi connectivity index (χ1n) is 5.20. The minimum atomic E-state index is 0.0576. The van der Waals surface area contributed by atoms with Gasteiger partial charge in [-0.1, -0.05) is 18.2 Å². The summed E-state index contributed by atoms with van der Waals surface area (Å²) in [7, 11) is 4.11. The van der Waals surface area contributed by atoms with Gasteiger partial charge in [-0.15, -0.1) is 0 Å². The molecule has 1 N–H and O–H groups in total. The number of benzene rings is 1. The second-order valence-corrected chi connectivity index (χ2v) is 3.73. The third-order valence-electron chi connectivity index (χ3n) is 2.15. The number of ether oxygens (including phenoxy) is 1. The van der Waals surface area contributed by atoms with Crippen molar-refractivity contribution in [3.05, 3.63) is 29.8 Å². The number of para-hydroxylation sites is 1. The summed E-state index contributed by atoms with van der Waals surface area (Å²) in [4.78, 5) is 2.14. The Labute approximate surface area is 91.3 Å². The summed E-state index contributed by atoms with van der Waals surface area (Å²) in [6, 6.07) is 7.97. The monoisotopic (exact) mass is 209 g/mol. The molecule has 15 heavy (non-hydrogen) atoms. The fraction of sp³-hybridized carbons (Fsp3) is 0.500. The summed E-state index contributed by atoms with van der Waals surface area (Å²) in [5, 5.41) is 8.70. The molecule has 84 valence electrons. The van der Waals surface area contributed by atoms with Crippen LogP contribution in [-0.2, 0) is 6.42 Å². The van der Waals surface area contributed by atoms with Crippen LogP contribution in [-0.4, -0.2) is 43.9 Å². The fourth-order valence-electron chi connectivity index (χ4n) is 1.35. The molecule has 0 saturated heterocycles. The van der Waals surface area contributed by atoms with Crippen LogP contribution in [0, 0.1) is 0 Å². The molecule has 0 aromatic heterocycles. The molecule has 0 aliphatic carbocycles. The van der Waals surface area contributed by atoms with E-state index in [1.54, 1.807) is 0 Å². The van der Waals surface area contributed by atoms with E-state index < -0.39 is 0 Å². The molecule has 1 aromatic carbocycles. The zero-order chi connectivity index (χ0) is 11.1. The summed E-state index contributed by atoms with van der Waals surface area (Å²) < 4.78 is 5.45. The molecule has 0 heterocycles. The smallest absolute Gasteiger partial charge is 0.122 e. The maximum Gasteiger partial charge on any atom is 0.122 e. The van der Waals surface area contributed by atoms with Crippen LogP contribution in [0.4, 0.5) is 0 Å². The Hall–Kier alpha value is -1.06. The van der Waals surface area contributed by atoms with Gasteiger partial charge in [0, 0.05) is 6.54 Å². The molecule has 1 rings (SSSR count). The minimum absolute atomic E-state index is 0.0576. The van der Waals surface area contributed by atoms with Crippen molar-refractivity contribution in [3.8, 4) is 5.75 Å². The second kappa shape index (κ2) is 6.43. The standard InChI is InChI=1S/C12H19NO2/c1-13(2)8-7-11-5-3-4-6-12(11)15-10-9-14/h3-6,14H,7-10H2,1-2H3. The summed E-state index contributed by atoms with van der Waals surface area (Å²) in [5.41, 5.74) is 1.19. The van der Waals surface area contributed by atoms with Crippen molar-refractivity contribution < 1.29 is 9.84 Å². The van der Waals surface area contributed by atoms with Crippen molar-refractivity contribution in [1.29, 1.82) is 0 Å². The second-order valence-electron chi connectivity index (χ2n) is 3.73. The molecule has 0 amide bonds. The lowest BCUT2D eigenvalue weighted by Crippen LogP contribution is -2.15. The predicted molar refractivity (Wildman–Crippen MR) is 61.3 cm³/mol. The van der Waals surface area contributed by atoms with Crippen LogP contribution < -0.4 is 4.74 Å². The number of likely N-dealkylation sites (N-methyl/N-ethyl adjacent to an activating group) is 1. The summed E-state index contributed by atoms with van der Waals surface area (Å²) >= 11 is 0. The van der Waals surface area contributed by atoms with E-state index in [0.717, 1.165) is 18.7 Å². The third-order valence-corrected chi connectivity index (χ3v) is 2.15. The molecular formula is C12H19NO2. The van der Waals surface area contributed by atoms with Gasteiger partial charge in [0.25, 0.3) is 0 Å². The van der Waals surface area contributed by atoms with Gasteiger partial charge >= 0.3 is 0 Å². The predicted octanol–water partition coefficient (Wildman–Crippen LogP) is 1.16. The number of rotatable bonds is 6. The molecule has 0 unspecified atom stereocenters. The molecule has 0 saturated carbocycles. The lowest BCUT2D eigenvalue weighted by molar-refractivity contribution is 0.200. The van der Waals surface area contributed by atoms with Gasteiger partial charge in [-0.3, -0.25) is 0 Å². The highest BCUT2D eigenvalue weighted by Crippen LogP contribution is 2.18. The van der Waals surface area contributed by atoms with Crippen molar-refractivity contribution in [2.45, 2.75) is 6.42 Å². The number of aliphatic hydroxyl groups excluding tert-OH is 1. The lowest BCUT2D eigenvalue weighted by atomic mass is 10.1. The van der Waals surface area contributed by atoms with Crippen molar-refractivity contribution >= 4 is 0 Å². The van der Waals surface area contributed by atoms with Crippen LogP contribution in [0.1, 0.15) is 5.56 Å². The van der Waals surface area contributed by atoms with Crippen LogP contribution in [0.25, 0.3) is 0 Å². The quantitative estimate of drug-likeness (QED) is 0.763. The molecule has 0 aliphatic rings. The lowest BCUT2D eigenvalue weighted by Gasteiger charge is -2.13. The molecular weight excluding hydrogens is 190 g/mol. The van der Waals surface area contributed by atoms with E-state index in [2.05, 4.69) is 25.1 Å². The summed E-state index contributed by atoms with van der Waals surface area (Å²) in [6.45, 7) is 1.42. The molecule has 0 bridgehead atoms. The Balaban J connectivity index is 2.59. The van der Waals surface area contributed by atoms with E-state index in [4.69, 9.17) is 9.84 Å². The average molecular weight is 209 g/mol. The molecule has 3 heteroatoms. The number of aliphatic hydroxyl groups is 1. The van der Waals surface area contributed by atoms with E-state index in [1.165, 1.54) is 5.56 Å². The molecule has 0 aliphatic heterocycles. The van der Waals surface area contributed by atoms with Crippen molar-refractivity contribution in [3.63, 3.8) is 0 Å². The Bertz CT molecular complexity index is 287. The maximum atomic E-state index is 8.70. The van der Waals surface area contributed by atoms with Gasteiger partial charge in [0.1, 0.15) is 12.4 Å². The van der Waals surface area contributed by atoms with Gasteiger partial charge in [-0.25, -0.2) is 0 Å². The van der Waals surface area contributed by atoms with E-state index in [0.29, 0.717) is 6.61 Å². The largest absolute Gasteiger partial charge is 0.491 e. The number of hydrogen-bond donors (Lipinski definition) is 1. The van der Waals surface area contributed by atoms with E-state index in [1.807, 2.05) is 18.2 Å². The Morgan fingerprint density at radius 2 is 2.00 bits per heavy atom. The normalized spacial score (nSPS) is 10.7. The topological polar surface area (TPSA) is 32.7 Å².